The molecular formula is C20H43N5O4S. The molecule has 1 unspecified atom stereocenters. The third-order valence-electron chi connectivity index (χ3n) is 4.06. The number of nitrogens with one attached hydrogen (secondary N) is 3. The Kier molecular flexibility index (Phi) is 11.1. The van der Waals surface area contributed by atoms with E-state index in [2.05, 4.69) is 34.2 Å². The van der Waals surface area contributed by atoms with Gasteiger partial charge in [-0.1, -0.05) is 13.8 Å². The van der Waals surface area contributed by atoms with Gasteiger partial charge in [0.05, 0.1) is 12.8 Å². The summed E-state index contributed by atoms with van der Waals surface area (Å²) in [5, 5.41) is 6.19. The lowest BCUT2D eigenvalue weighted by molar-refractivity contribution is 0.0485. The SMILES string of the molecule is CCNC(=NCC(C)(C)NS(C)(=O)=O)N(C)CCC(NC(=O)OC(C)(C)C)C(C)C. The molecule has 1 amide bonds. The zero-order chi connectivity index (χ0) is 23.8. The van der Waals surface area contributed by atoms with Crippen LogP contribution in [0.2, 0.25) is 0 Å². The quantitative estimate of drug-likeness (QED) is 0.348. The first-order chi connectivity index (χ1) is 13.5. The third kappa shape index (κ3) is 13.6. The lowest BCUT2D eigenvalue weighted by Gasteiger charge is -2.29. The second kappa shape index (κ2) is 11.7. The van der Waals surface area contributed by atoms with Gasteiger partial charge < -0.3 is 20.3 Å². The Morgan fingerprint density at radius 1 is 1.17 bits per heavy atom. The lowest BCUT2D eigenvalue weighted by atomic mass is 10.0. The van der Waals surface area contributed by atoms with E-state index in [1.165, 1.54) is 0 Å². The highest BCUT2D eigenvalue weighted by atomic mass is 32.2. The summed E-state index contributed by atoms with van der Waals surface area (Å²) >= 11 is 0. The van der Waals surface area contributed by atoms with Crippen LogP contribution < -0.4 is 15.4 Å². The van der Waals surface area contributed by atoms with Gasteiger partial charge in [0.25, 0.3) is 0 Å². The highest BCUT2D eigenvalue weighted by Crippen LogP contribution is 2.11. The largest absolute Gasteiger partial charge is 0.444 e. The summed E-state index contributed by atoms with van der Waals surface area (Å²) in [6, 6.07) is -0.0477. The Morgan fingerprint density at radius 3 is 2.17 bits per heavy atom. The summed E-state index contributed by atoms with van der Waals surface area (Å²) in [5.74, 6) is 0.920. The van der Waals surface area contributed by atoms with E-state index in [9.17, 15) is 13.2 Å². The Morgan fingerprint density at radius 2 is 1.73 bits per heavy atom. The minimum Gasteiger partial charge on any atom is -0.444 e. The molecule has 0 saturated heterocycles. The van der Waals surface area contributed by atoms with Gasteiger partial charge in [0.15, 0.2) is 5.96 Å². The van der Waals surface area contributed by atoms with Gasteiger partial charge in [-0.15, -0.1) is 0 Å². The van der Waals surface area contributed by atoms with Crippen LogP contribution in [0.3, 0.4) is 0 Å². The van der Waals surface area contributed by atoms with Gasteiger partial charge in [0, 0.05) is 31.7 Å². The molecule has 3 N–H and O–H groups in total. The molecule has 0 fully saturated rings. The van der Waals surface area contributed by atoms with Crippen molar-refractivity contribution in [2.75, 3.05) is 32.9 Å². The van der Waals surface area contributed by atoms with Crippen LogP contribution in [-0.4, -0.2) is 75.5 Å². The highest BCUT2D eigenvalue weighted by Gasteiger charge is 2.24. The monoisotopic (exact) mass is 449 g/mol. The molecule has 0 aromatic carbocycles. The maximum atomic E-state index is 12.1. The smallest absolute Gasteiger partial charge is 0.407 e. The number of hydrogen-bond acceptors (Lipinski definition) is 5. The molecule has 0 aromatic heterocycles. The molecule has 0 aromatic rings. The summed E-state index contributed by atoms with van der Waals surface area (Å²) in [6.07, 6.45) is 1.43. The number of nitrogens with zero attached hydrogens (tertiary/aromatic N) is 2. The molecule has 0 aliphatic carbocycles. The zero-order valence-electron chi connectivity index (χ0n) is 20.4. The van der Waals surface area contributed by atoms with Crippen molar-refractivity contribution in [2.24, 2.45) is 10.9 Å². The van der Waals surface area contributed by atoms with Crippen LogP contribution in [0.15, 0.2) is 4.99 Å². The van der Waals surface area contributed by atoms with Gasteiger partial charge >= 0.3 is 6.09 Å². The van der Waals surface area contributed by atoms with E-state index in [4.69, 9.17) is 4.74 Å². The van der Waals surface area contributed by atoms with E-state index in [0.717, 1.165) is 6.26 Å². The number of amides is 1. The number of sulfonamides is 1. The fraction of sp³-hybridized carbons (Fsp3) is 0.900. The number of alkyl carbamates (subject to hydrolysis) is 1. The molecule has 0 aliphatic heterocycles. The molecule has 0 heterocycles. The molecule has 0 aliphatic rings. The number of hydrogen-bond donors (Lipinski definition) is 3. The summed E-state index contributed by atoms with van der Waals surface area (Å²) in [4.78, 5) is 18.7. The Bertz CT molecular complexity index is 669. The van der Waals surface area contributed by atoms with Gasteiger partial charge in [-0.25, -0.2) is 17.9 Å². The van der Waals surface area contributed by atoms with Crippen molar-refractivity contribution in [1.29, 1.82) is 0 Å². The van der Waals surface area contributed by atoms with Crippen molar-refractivity contribution < 1.29 is 17.9 Å². The Hall–Kier alpha value is -1.55. The van der Waals surface area contributed by atoms with Crippen molar-refractivity contribution in [2.45, 2.75) is 79.0 Å². The first-order valence-electron chi connectivity index (χ1n) is 10.4. The van der Waals surface area contributed by atoms with Crippen molar-refractivity contribution in [3.05, 3.63) is 0 Å². The van der Waals surface area contributed by atoms with Crippen LogP contribution in [0.1, 0.15) is 61.8 Å². The molecule has 1 atom stereocenters. The topological polar surface area (TPSA) is 112 Å². The second-order valence-electron chi connectivity index (χ2n) is 9.64. The minimum atomic E-state index is -3.32. The second-order valence-corrected chi connectivity index (χ2v) is 11.4. The maximum Gasteiger partial charge on any atom is 0.407 e. The zero-order valence-corrected chi connectivity index (χ0v) is 21.2. The fourth-order valence-corrected chi connectivity index (χ4v) is 3.81. The van der Waals surface area contributed by atoms with E-state index in [0.29, 0.717) is 25.5 Å². The number of carbonyl (C=O) groups is 1. The van der Waals surface area contributed by atoms with Crippen LogP contribution in [0.25, 0.3) is 0 Å². The average Bonchev–Trinajstić information content (AvgIpc) is 2.50. The van der Waals surface area contributed by atoms with Crippen LogP contribution in [0.5, 0.6) is 0 Å². The van der Waals surface area contributed by atoms with Crippen molar-refractivity contribution in [3.8, 4) is 0 Å². The van der Waals surface area contributed by atoms with E-state index in [1.807, 2.05) is 39.6 Å². The van der Waals surface area contributed by atoms with Crippen LogP contribution in [-0.2, 0) is 14.8 Å². The van der Waals surface area contributed by atoms with Crippen LogP contribution in [0.4, 0.5) is 4.79 Å². The molecular weight excluding hydrogens is 406 g/mol. The third-order valence-corrected chi connectivity index (χ3v) is 4.99. The van der Waals surface area contributed by atoms with E-state index >= 15 is 0 Å². The molecule has 0 radical (unpaired) electrons. The normalized spacial score (nSPS) is 14.4. The standard InChI is InChI=1S/C20H43N5O4S/c1-11-21-17(22-14-20(7,8)24-30(10,27)28)25(9)13-12-16(15(2)3)23-18(26)29-19(4,5)6/h15-16,24H,11-14H2,1-10H3,(H,21,22)(H,23,26). The predicted octanol–water partition coefficient (Wildman–Crippen LogP) is 2.15. The Balaban J connectivity index is 5.06. The van der Waals surface area contributed by atoms with E-state index in [1.54, 1.807) is 13.8 Å². The van der Waals surface area contributed by atoms with Crippen LogP contribution in [0, 0.1) is 5.92 Å². The van der Waals surface area contributed by atoms with Crippen molar-refractivity contribution >= 4 is 22.1 Å². The summed E-state index contributed by atoms with van der Waals surface area (Å²) < 4.78 is 31.0. The summed E-state index contributed by atoms with van der Waals surface area (Å²) in [7, 11) is -1.40. The number of carbonyl (C=O) groups excluding carboxylic acids is 1. The van der Waals surface area contributed by atoms with E-state index in [-0.39, 0.29) is 18.5 Å². The van der Waals surface area contributed by atoms with E-state index < -0.39 is 27.3 Å². The van der Waals surface area contributed by atoms with Crippen LogP contribution >= 0.6 is 0 Å². The van der Waals surface area contributed by atoms with Crippen molar-refractivity contribution in [1.82, 2.24) is 20.3 Å². The van der Waals surface area contributed by atoms with Gasteiger partial charge in [-0.3, -0.25) is 4.99 Å². The lowest BCUT2D eigenvalue weighted by Crippen LogP contribution is -2.48. The number of ether oxygens (including phenoxy) is 1. The predicted molar refractivity (Wildman–Crippen MR) is 123 cm³/mol. The maximum absolute atomic E-state index is 12.1. The Labute approximate surface area is 183 Å². The summed E-state index contributed by atoms with van der Waals surface area (Å²) in [5.41, 5.74) is -1.24. The fourth-order valence-electron chi connectivity index (χ4n) is 2.75. The molecule has 178 valence electrons. The number of guanidine groups is 1. The van der Waals surface area contributed by atoms with Gasteiger partial charge in [0.2, 0.25) is 10.0 Å². The van der Waals surface area contributed by atoms with Crippen molar-refractivity contribution in [3.63, 3.8) is 0 Å². The molecule has 10 heteroatoms. The van der Waals surface area contributed by atoms with Gasteiger partial charge in [0.1, 0.15) is 5.60 Å². The molecule has 9 nitrogen and oxygen atoms in total. The molecule has 30 heavy (non-hydrogen) atoms. The number of rotatable bonds is 10. The molecule has 0 bridgehead atoms. The molecule has 0 saturated carbocycles. The van der Waals surface area contributed by atoms with Gasteiger partial charge in [-0.05, 0) is 53.9 Å². The minimum absolute atomic E-state index is 0.0477. The van der Waals surface area contributed by atoms with Gasteiger partial charge in [-0.2, -0.15) is 0 Å². The highest BCUT2D eigenvalue weighted by molar-refractivity contribution is 7.88. The number of aliphatic imine (C=N–C) groups is 1. The first-order valence-corrected chi connectivity index (χ1v) is 12.3. The summed E-state index contributed by atoms with van der Waals surface area (Å²) in [6.45, 7) is 16.8. The molecule has 0 rings (SSSR count). The molecule has 0 spiro atoms. The first kappa shape index (κ1) is 28.5. The average molecular weight is 450 g/mol.